The molecule has 3 nitrogen and oxygen atoms in total. The lowest BCUT2D eigenvalue weighted by Gasteiger charge is -2.14. The highest BCUT2D eigenvalue weighted by Gasteiger charge is 2.15. The quantitative estimate of drug-likeness (QED) is 0.490. The number of likely N-dealkylation sites (tertiary alicyclic amines) is 1. The zero-order chi connectivity index (χ0) is 19.3. The fraction of sp³-hybridized carbons (Fsp3) is 0.440. The first-order valence-corrected chi connectivity index (χ1v) is 10.8. The Morgan fingerprint density at radius 1 is 0.821 bits per heavy atom. The first-order chi connectivity index (χ1) is 13.7. The summed E-state index contributed by atoms with van der Waals surface area (Å²) in [7, 11) is 0. The lowest BCUT2D eigenvalue weighted by atomic mass is 10.1. The highest BCUT2D eigenvalue weighted by atomic mass is 16.3. The Kier molecular flexibility index (Phi) is 6.01. The average Bonchev–Trinajstić information content (AvgIpc) is 3.33. The van der Waals surface area contributed by atoms with Crippen LogP contribution in [0, 0.1) is 6.92 Å². The molecule has 0 saturated carbocycles. The van der Waals surface area contributed by atoms with Crippen LogP contribution < -0.4 is 0 Å². The van der Waals surface area contributed by atoms with Crippen molar-refractivity contribution in [3.63, 3.8) is 0 Å². The highest BCUT2D eigenvalue weighted by molar-refractivity contribution is 5.91. The third kappa shape index (κ3) is 4.10. The Balaban J connectivity index is 1.46. The van der Waals surface area contributed by atoms with Gasteiger partial charge in [0.25, 0.3) is 0 Å². The van der Waals surface area contributed by atoms with Gasteiger partial charge >= 0.3 is 0 Å². The molecule has 3 heteroatoms. The number of unbranched alkanes of at least 4 members (excludes halogenated alkanes) is 3. The van der Waals surface area contributed by atoms with Crippen molar-refractivity contribution in [2.45, 2.75) is 52.0 Å². The first kappa shape index (κ1) is 19.1. The number of aromatic hydroxyl groups is 1. The van der Waals surface area contributed by atoms with Gasteiger partial charge in [-0.1, -0.05) is 31.0 Å². The summed E-state index contributed by atoms with van der Waals surface area (Å²) in [6.45, 7) is 7.17. The van der Waals surface area contributed by atoms with E-state index in [0.717, 1.165) is 6.54 Å². The van der Waals surface area contributed by atoms with Gasteiger partial charge in [-0.3, -0.25) is 0 Å². The van der Waals surface area contributed by atoms with Gasteiger partial charge < -0.3 is 14.6 Å². The van der Waals surface area contributed by atoms with Crippen molar-refractivity contribution in [3.8, 4) is 17.0 Å². The molecular formula is C25H32N2O. The van der Waals surface area contributed by atoms with Crippen LogP contribution in [-0.4, -0.2) is 34.2 Å². The molecular weight excluding hydrogens is 344 g/mol. The number of nitrogens with zero attached hydrogens (tertiary/aromatic N) is 2. The van der Waals surface area contributed by atoms with Crippen LogP contribution in [0.25, 0.3) is 22.2 Å². The molecule has 2 aromatic carbocycles. The van der Waals surface area contributed by atoms with Crippen LogP contribution in [-0.2, 0) is 6.54 Å². The van der Waals surface area contributed by atoms with Crippen molar-refractivity contribution in [1.29, 1.82) is 0 Å². The maximum Gasteiger partial charge on any atom is 0.115 e. The minimum Gasteiger partial charge on any atom is -0.508 e. The largest absolute Gasteiger partial charge is 0.508 e. The second-order valence-electron chi connectivity index (χ2n) is 8.15. The topological polar surface area (TPSA) is 28.4 Å². The molecule has 1 aliphatic heterocycles. The molecule has 1 N–H and O–H groups in total. The van der Waals surface area contributed by atoms with Crippen LogP contribution in [0.4, 0.5) is 0 Å². The van der Waals surface area contributed by atoms with Crippen molar-refractivity contribution in [2.24, 2.45) is 0 Å². The minimum atomic E-state index is 0.321. The van der Waals surface area contributed by atoms with Crippen LogP contribution in [0.15, 0.2) is 48.5 Å². The second-order valence-corrected chi connectivity index (χ2v) is 8.15. The number of phenols is 1. The normalized spacial score (nSPS) is 14.9. The molecule has 1 saturated heterocycles. The number of hydrogen-bond donors (Lipinski definition) is 1. The van der Waals surface area contributed by atoms with Crippen molar-refractivity contribution >= 4 is 10.9 Å². The SMILES string of the molecule is Cc1c(-c2ccc(O)cc2)n(CCCCCCN2CCCC2)c2ccccc12. The maximum absolute atomic E-state index is 9.67. The molecule has 0 radical (unpaired) electrons. The lowest BCUT2D eigenvalue weighted by Crippen LogP contribution is -2.20. The van der Waals surface area contributed by atoms with Gasteiger partial charge in [0.2, 0.25) is 0 Å². The van der Waals surface area contributed by atoms with Gasteiger partial charge in [-0.15, -0.1) is 0 Å². The van der Waals surface area contributed by atoms with Gasteiger partial charge in [0, 0.05) is 17.4 Å². The van der Waals surface area contributed by atoms with E-state index >= 15 is 0 Å². The molecule has 0 atom stereocenters. The van der Waals surface area contributed by atoms with Crippen molar-refractivity contribution in [1.82, 2.24) is 9.47 Å². The number of fused-ring (bicyclic) bond motifs is 1. The maximum atomic E-state index is 9.67. The van der Waals surface area contributed by atoms with Crippen molar-refractivity contribution in [2.75, 3.05) is 19.6 Å². The van der Waals surface area contributed by atoms with E-state index in [-0.39, 0.29) is 0 Å². The van der Waals surface area contributed by atoms with Crippen molar-refractivity contribution in [3.05, 3.63) is 54.1 Å². The molecule has 148 valence electrons. The average molecular weight is 377 g/mol. The monoisotopic (exact) mass is 376 g/mol. The van der Waals surface area contributed by atoms with E-state index in [1.807, 2.05) is 12.1 Å². The minimum absolute atomic E-state index is 0.321. The fourth-order valence-electron chi connectivity index (χ4n) is 4.67. The molecule has 28 heavy (non-hydrogen) atoms. The lowest BCUT2D eigenvalue weighted by molar-refractivity contribution is 0.327. The number of hydrogen-bond acceptors (Lipinski definition) is 2. The molecule has 0 unspecified atom stereocenters. The summed E-state index contributed by atoms with van der Waals surface area (Å²) >= 11 is 0. The number of phenolic OH excluding ortho intramolecular Hbond substituents is 1. The summed E-state index contributed by atoms with van der Waals surface area (Å²) in [4.78, 5) is 2.62. The van der Waals surface area contributed by atoms with Gasteiger partial charge in [-0.25, -0.2) is 0 Å². The molecule has 1 aromatic heterocycles. The molecule has 1 fully saturated rings. The molecule has 3 aromatic rings. The summed E-state index contributed by atoms with van der Waals surface area (Å²) in [6.07, 6.45) is 7.93. The van der Waals surface area contributed by atoms with Gasteiger partial charge in [0.15, 0.2) is 0 Å². The molecule has 2 heterocycles. The van der Waals surface area contributed by atoms with E-state index in [4.69, 9.17) is 0 Å². The van der Waals surface area contributed by atoms with E-state index in [1.165, 1.54) is 85.9 Å². The summed E-state index contributed by atoms with van der Waals surface area (Å²) < 4.78 is 2.48. The Morgan fingerprint density at radius 2 is 1.50 bits per heavy atom. The second kappa shape index (κ2) is 8.83. The van der Waals surface area contributed by atoms with Crippen LogP contribution in [0.2, 0.25) is 0 Å². The van der Waals surface area contributed by atoms with Crippen LogP contribution >= 0.6 is 0 Å². The first-order valence-electron chi connectivity index (χ1n) is 10.8. The van der Waals surface area contributed by atoms with E-state index in [9.17, 15) is 5.11 Å². The Bertz CT molecular complexity index is 904. The van der Waals surface area contributed by atoms with E-state index < -0.39 is 0 Å². The zero-order valence-electron chi connectivity index (χ0n) is 17.0. The summed E-state index contributed by atoms with van der Waals surface area (Å²) in [6, 6.07) is 16.4. The zero-order valence-corrected chi connectivity index (χ0v) is 17.0. The number of aromatic nitrogens is 1. The van der Waals surface area contributed by atoms with Gasteiger partial charge in [0.05, 0.1) is 5.69 Å². The standard InChI is InChI=1S/C25H32N2O/c1-20-23-10-4-5-11-24(23)27(25(20)21-12-14-22(28)15-13-21)19-7-3-2-6-16-26-17-8-9-18-26/h4-5,10-15,28H,2-3,6-9,16-19H2,1H3. The Hall–Kier alpha value is -2.26. The van der Waals surface area contributed by atoms with E-state index in [2.05, 4.69) is 40.7 Å². The van der Waals surface area contributed by atoms with E-state index in [0.29, 0.717) is 5.75 Å². The van der Waals surface area contributed by atoms with Crippen LogP contribution in [0.5, 0.6) is 5.75 Å². The molecule has 0 aliphatic carbocycles. The Morgan fingerprint density at radius 3 is 2.25 bits per heavy atom. The summed E-state index contributed by atoms with van der Waals surface area (Å²) in [5.74, 6) is 0.321. The molecule has 0 bridgehead atoms. The molecule has 0 spiro atoms. The van der Waals surface area contributed by atoms with Gasteiger partial charge in [-0.05, 0) is 93.7 Å². The number of para-hydroxylation sites is 1. The number of aryl methyl sites for hydroxylation is 2. The third-order valence-electron chi connectivity index (χ3n) is 6.17. The Labute approximate surface area is 168 Å². The number of rotatable bonds is 8. The predicted octanol–water partition coefficient (Wildman–Crippen LogP) is 5.98. The van der Waals surface area contributed by atoms with Crippen LogP contribution in [0.1, 0.15) is 44.1 Å². The predicted molar refractivity (Wildman–Crippen MR) is 118 cm³/mol. The van der Waals surface area contributed by atoms with Crippen molar-refractivity contribution < 1.29 is 5.11 Å². The smallest absolute Gasteiger partial charge is 0.115 e. The fourth-order valence-corrected chi connectivity index (χ4v) is 4.67. The van der Waals surface area contributed by atoms with Gasteiger partial charge in [-0.2, -0.15) is 0 Å². The molecule has 4 rings (SSSR count). The molecule has 1 aliphatic rings. The van der Waals surface area contributed by atoms with E-state index in [1.54, 1.807) is 12.1 Å². The third-order valence-corrected chi connectivity index (χ3v) is 6.17. The summed E-state index contributed by atoms with van der Waals surface area (Å²) in [5, 5.41) is 11.0. The number of benzene rings is 2. The van der Waals surface area contributed by atoms with Gasteiger partial charge in [0.1, 0.15) is 5.75 Å². The molecule has 0 amide bonds. The van der Waals surface area contributed by atoms with Crippen LogP contribution in [0.3, 0.4) is 0 Å². The highest BCUT2D eigenvalue weighted by Crippen LogP contribution is 2.34. The summed E-state index contributed by atoms with van der Waals surface area (Å²) in [5.41, 5.74) is 5.12.